The summed E-state index contributed by atoms with van der Waals surface area (Å²) in [6.07, 6.45) is 9.78. The van der Waals surface area contributed by atoms with Crippen molar-refractivity contribution in [1.29, 1.82) is 0 Å². The molecule has 0 aromatic heterocycles. The fourth-order valence-corrected chi connectivity index (χ4v) is 4.04. The second-order valence-electron chi connectivity index (χ2n) is 6.23. The summed E-state index contributed by atoms with van der Waals surface area (Å²) in [4.78, 5) is 0. The Morgan fingerprint density at radius 3 is 2.31 bits per heavy atom. The van der Waals surface area contributed by atoms with Crippen LogP contribution in [0.4, 0.5) is 0 Å². The summed E-state index contributed by atoms with van der Waals surface area (Å²) in [6, 6.07) is 0. The second-order valence-corrected chi connectivity index (χ2v) is 6.23. The lowest BCUT2D eigenvalue weighted by atomic mass is 9.57. The molecular formula is C14H26O2. The van der Waals surface area contributed by atoms with Gasteiger partial charge in [0.2, 0.25) is 0 Å². The molecule has 0 aromatic rings. The largest absolute Gasteiger partial charge is 0.396 e. The van der Waals surface area contributed by atoms with Crippen LogP contribution in [0, 0.1) is 11.3 Å². The molecule has 2 unspecified atom stereocenters. The highest BCUT2D eigenvalue weighted by atomic mass is 16.3. The monoisotopic (exact) mass is 226 g/mol. The van der Waals surface area contributed by atoms with Gasteiger partial charge in [0.05, 0.1) is 12.2 Å². The van der Waals surface area contributed by atoms with E-state index in [0.717, 1.165) is 38.5 Å². The summed E-state index contributed by atoms with van der Waals surface area (Å²) in [6.45, 7) is 2.43. The molecule has 0 heterocycles. The van der Waals surface area contributed by atoms with Crippen LogP contribution in [-0.2, 0) is 0 Å². The van der Waals surface area contributed by atoms with Gasteiger partial charge in [0.25, 0.3) is 0 Å². The SMILES string of the molecule is CC1CCCC(CO)(C2(O)CCCCC2)C1. The van der Waals surface area contributed by atoms with Gasteiger partial charge in [-0.25, -0.2) is 0 Å². The Labute approximate surface area is 99.1 Å². The van der Waals surface area contributed by atoms with E-state index in [4.69, 9.17) is 0 Å². The number of hydrogen-bond donors (Lipinski definition) is 2. The molecule has 0 aromatic carbocycles. The summed E-state index contributed by atoms with van der Waals surface area (Å²) in [5, 5.41) is 20.7. The molecule has 0 bridgehead atoms. The molecule has 0 spiro atoms. The number of aliphatic hydroxyl groups is 2. The van der Waals surface area contributed by atoms with Crippen LogP contribution >= 0.6 is 0 Å². The first kappa shape index (κ1) is 12.4. The van der Waals surface area contributed by atoms with Gasteiger partial charge in [0, 0.05) is 5.41 Å². The van der Waals surface area contributed by atoms with Crippen LogP contribution in [-0.4, -0.2) is 22.4 Å². The Hall–Kier alpha value is -0.0800. The Morgan fingerprint density at radius 2 is 1.75 bits per heavy atom. The van der Waals surface area contributed by atoms with Gasteiger partial charge >= 0.3 is 0 Å². The van der Waals surface area contributed by atoms with Crippen molar-refractivity contribution in [2.45, 2.75) is 70.3 Å². The summed E-state index contributed by atoms with van der Waals surface area (Å²) in [7, 11) is 0. The van der Waals surface area contributed by atoms with Gasteiger partial charge in [-0.15, -0.1) is 0 Å². The van der Waals surface area contributed by atoms with E-state index < -0.39 is 5.60 Å². The van der Waals surface area contributed by atoms with Crippen LogP contribution in [0.3, 0.4) is 0 Å². The molecule has 16 heavy (non-hydrogen) atoms. The van der Waals surface area contributed by atoms with Crippen molar-refractivity contribution in [3.63, 3.8) is 0 Å². The third-order valence-electron chi connectivity index (χ3n) is 5.06. The molecule has 94 valence electrons. The van der Waals surface area contributed by atoms with Gasteiger partial charge in [-0.3, -0.25) is 0 Å². The Kier molecular flexibility index (Phi) is 3.60. The zero-order chi connectivity index (χ0) is 11.6. The molecule has 2 atom stereocenters. The fourth-order valence-electron chi connectivity index (χ4n) is 4.04. The van der Waals surface area contributed by atoms with Crippen molar-refractivity contribution >= 4 is 0 Å². The number of hydrogen-bond acceptors (Lipinski definition) is 2. The lowest BCUT2D eigenvalue weighted by Crippen LogP contribution is -2.53. The van der Waals surface area contributed by atoms with E-state index in [1.54, 1.807) is 0 Å². The molecule has 2 heteroatoms. The van der Waals surface area contributed by atoms with Crippen molar-refractivity contribution in [1.82, 2.24) is 0 Å². The summed E-state index contributed by atoms with van der Waals surface area (Å²) < 4.78 is 0. The molecular weight excluding hydrogens is 200 g/mol. The van der Waals surface area contributed by atoms with Crippen LogP contribution in [0.5, 0.6) is 0 Å². The van der Waals surface area contributed by atoms with Gasteiger partial charge in [0.15, 0.2) is 0 Å². The minimum atomic E-state index is -0.575. The van der Waals surface area contributed by atoms with Crippen LogP contribution < -0.4 is 0 Å². The standard InChI is InChI=1S/C14H26O2/c1-12-6-5-7-13(10-12,11-15)14(16)8-3-2-4-9-14/h12,15-16H,2-11H2,1H3. The molecule has 2 rings (SSSR count). The third kappa shape index (κ3) is 2.02. The third-order valence-corrected chi connectivity index (χ3v) is 5.06. The van der Waals surface area contributed by atoms with Crippen molar-refractivity contribution < 1.29 is 10.2 Å². The van der Waals surface area contributed by atoms with E-state index in [0.29, 0.717) is 5.92 Å². The average Bonchev–Trinajstić information content (AvgIpc) is 2.29. The summed E-state index contributed by atoms with van der Waals surface area (Å²) in [5.41, 5.74) is -0.764. The van der Waals surface area contributed by atoms with Crippen LogP contribution in [0.2, 0.25) is 0 Å². The van der Waals surface area contributed by atoms with Crippen molar-refractivity contribution in [2.24, 2.45) is 11.3 Å². The van der Waals surface area contributed by atoms with Gasteiger partial charge in [-0.05, 0) is 31.6 Å². The molecule has 2 aliphatic rings. The van der Waals surface area contributed by atoms with E-state index in [9.17, 15) is 10.2 Å². The number of aliphatic hydroxyl groups excluding tert-OH is 1. The summed E-state index contributed by atoms with van der Waals surface area (Å²) >= 11 is 0. The minimum Gasteiger partial charge on any atom is -0.396 e. The van der Waals surface area contributed by atoms with Crippen LogP contribution in [0.1, 0.15) is 64.7 Å². The highest BCUT2D eigenvalue weighted by molar-refractivity contribution is 5.02. The van der Waals surface area contributed by atoms with Gasteiger partial charge in [0.1, 0.15) is 0 Å². The van der Waals surface area contributed by atoms with E-state index >= 15 is 0 Å². The maximum absolute atomic E-state index is 10.9. The topological polar surface area (TPSA) is 40.5 Å². The Morgan fingerprint density at radius 1 is 1.06 bits per heavy atom. The van der Waals surface area contributed by atoms with Crippen molar-refractivity contribution in [3.05, 3.63) is 0 Å². The lowest BCUT2D eigenvalue weighted by molar-refractivity contribution is -0.153. The molecule has 0 aliphatic heterocycles. The molecule has 2 fully saturated rings. The van der Waals surface area contributed by atoms with Crippen molar-refractivity contribution in [3.8, 4) is 0 Å². The zero-order valence-corrected chi connectivity index (χ0v) is 10.5. The zero-order valence-electron chi connectivity index (χ0n) is 10.5. The first-order valence-corrected chi connectivity index (χ1v) is 6.95. The van der Waals surface area contributed by atoms with Gasteiger partial charge in [-0.1, -0.05) is 39.0 Å². The molecule has 0 saturated heterocycles. The molecule has 2 aliphatic carbocycles. The van der Waals surface area contributed by atoms with E-state index in [2.05, 4.69) is 6.92 Å². The lowest BCUT2D eigenvalue weighted by Gasteiger charge is -2.52. The first-order valence-electron chi connectivity index (χ1n) is 6.95. The maximum atomic E-state index is 10.9. The van der Waals surface area contributed by atoms with Crippen LogP contribution in [0.15, 0.2) is 0 Å². The molecule has 2 N–H and O–H groups in total. The smallest absolute Gasteiger partial charge is 0.0725 e. The highest BCUT2D eigenvalue weighted by Crippen LogP contribution is 2.51. The van der Waals surface area contributed by atoms with Crippen LogP contribution in [0.25, 0.3) is 0 Å². The quantitative estimate of drug-likeness (QED) is 0.760. The Balaban J connectivity index is 2.18. The number of rotatable bonds is 2. The first-order chi connectivity index (χ1) is 7.62. The predicted octanol–water partition coefficient (Wildman–Crippen LogP) is 2.87. The fraction of sp³-hybridized carbons (Fsp3) is 1.00. The second kappa shape index (κ2) is 4.66. The summed E-state index contributed by atoms with van der Waals surface area (Å²) in [5.74, 6) is 0.659. The molecule has 2 saturated carbocycles. The van der Waals surface area contributed by atoms with Gasteiger partial charge in [-0.2, -0.15) is 0 Å². The molecule has 0 radical (unpaired) electrons. The maximum Gasteiger partial charge on any atom is 0.0725 e. The van der Waals surface area contributed by atoms with E-state index in [1.165, 1.54) is 19.3 Å². The van der Waals surface area contributed by atoms with E-state index in [1.807, 2.05) is 0 Å². The molecule has 0 amide bonds. The normalized spacial score (nSPS) is 39.6. The minimum absolute atomic E-state index is 0.174. The van der Waals surface area contributed by atoms with Crippen molar-refractivity contribution in [2.75, 3.05) is 6.61 Å². The predicted molar refractivity (Wildman–Crippen MR) is 65.2 cm³/mol. The van der Waals surface area contributed by atoms with Gasteiger partial charge < -0.3 is 10.2 Å². The Bertz CT molecular complexity index is 233. The average molecular weight is 226 g/mol. The highest BCUT2D eigenvalue weighted by Gasteiger charge is 2.51. The van der Waals surface area contributed by atoms with E-state index in [-0.39, 0.29) is 12.0 Å². The molecule has 2 nitrogen and oxygen atoms in total.